The zero-order chi connectivity index (χ0) is 22.7. The molecule has 3 aromatic rings. The van der Waals surface area contributed by atoms with Gasteiger partial charge in [-0.1, -0.05) is 16.7 Å². The van der Waals surface area contributed by atoms with Crippen molar-refractivity contribution in [2.75, 3.05) is 12.4 Å². The molecule has 4 rings (SSSR count). The van der Waals surface area contributed by atoms with Crippen LogP contribution in [0.1, 0.15) is 41.7 Å². The Balaban J connectivity index is 1.54. The van der Waals surface area contributed by atoms with Crippen LogP contribution in [0.2, 0.25) is 5.15 Å². The van der Waals surface area contributed by atoms with Crippen LogP contribution in [0.15, 0.2) is 24.5 Å². The Kier molecular flexibility index (Phi) is 6.83. The second kappa shape index (κ2) is 9.76. The maximum absolute atomic E-state index is 13.1. The minimum atomic E-state index is -0.397. The van der Waals surface area contributed by atoms with Crippen LogP contribution in [-0.4, -0.2) is 50.5 Å². The van der Waals surface area contributed by atoms with Crippen molar-refractivity contribution >= 4 is 34.0 Å². The van der Waals surface area contributed by atoms with Crippen LogP contribution in [0, 0.1) is 6.92 Å². The molecule has 9 nitrogen and oxygen atoms in total. The SMILES string of the molecule is COc1cnc(Cl)cc1-c1cc(C)ncc1C(=O)Nc1nnc(O[C@H]2CC[C@H](O)CC2)s1. The van der Waals surface area contributed by atoms with Gasteiger partial charge in [-0.3, -0.25) is 15.1 Å². The highest BCUT2D eigenvalue weighted by Gasteiger charge is 2.23. The van der Waals surface area contributed by atoms with E-state index in [1.165, 1.54) is 19.5 Å². The molecule has 0 unspecified atom stereocenters. The molecule has 2 N–H and O–H groups in total. The lowest BCUT2D eigenvalue weighted by Gasteiger charge is -2.24. The maximum Gasteiger partial charge on any atom is 0.296 e. The minimum absolute atomic E-state index is 0.00768. The summed E-state index contributed by atoms with van der Waals surface area (Å²) in [6.07, 6.45) is 5.68. The van der Waals surface area contributed by atoms with Gasteiger partial charge in [0.1, 0.15) is 17.0 Å². The number of pyridine rings is 2. The highest BCUT2D eigenvalue weighted by atomic mass is 35.5. The summed E-state index contributed by atoms with van der Waals surface area (Å²) in [6.45, 7) is 1.83. The monoisotopic (exact) mass is 475 g/mol. The number of rotatable bonds is 6. The molecule has 0 bridgehead atoms. The van der Waals surface area contributed by atoms with Crippen LogP contribution in [-0.2, 0) is 0 Å². The van der Waals surface area contributed by atoms with Crippen molar-refractivity contribution in [3.8, 4) is 22.1 Å². The lowest BCUT2D eigenvalue weighted by Crippen LogP contribution is -2.26. The Labute approximate surface area is 193 Å². The molecule has 0 radical (unpaired) electrons. The second-order valence-electron chi connectivity index (χ2n) is 7.45. The van der Waals surface area contributed by atoms with Gasteiger partial charge in [0.25, 0.3) is 11.1 Å². The van der Waals surface area contributed by atoms with Crippen molar-refractivity contribution in [1.82, 2.24) is 20.2 Å². The van der Waals surface area contributed by atoms with Crippen molar-refractivity contribution in [3.05, 3.63) is 40.9 Å². The average Bonchev–Trinajstić information content (AvgIpc) is 3.21. The first kappa shape index (κ1) is 22.4. The predicted octanol–water partition coefficient (Wildman–Crippen LogP) is 3.90. The van der Waals surface area contributed by atoms with Gasteiger partial charge in [0, 0.05) is 23.0 Å². The fourth-order valence-electron chi connectivity index (χ4n) is 3.53. The van der Waals surface area contributed by atoms with Crippen molar-refractivity contribution < 1.29 is 19.4 Å². The topological polar surface area (TPSA) is 119 Å². The van der Waals surface area contributed by atoms with E-state index in [-0.39, 0.29) is 17.4 Å². The van der Waals surface area contributed by atoms with E-state index in [4.69, 9.17) is 21.1 Å². The number of nitrogens with one attached hydrogen (secondary N) is 1. The number of aliphatic hydroxyl groups is 1. The quantitative estimate of drug-likeness (QED) is 0.515. The van der Waals surface area contributed by atoms with Gasteiger partial charge in [-0.05, 0) is 56.1 Å². The standard InChI is InChI=1S/C21H22ClN5O4S/c1-11-7-14(15-8-18(22)24-10-17(15)30-2)16(9-23-11)19(29)25-20-26-27-21(32-20)31-13-5-3-12(28)4-6-13/h7-10,12-13,28H,3-6H2,1-2H3,(H,25,26,29)/t12-,13-. The number of nitrogens with zero attached hydrogens (tertiary/aromatic N) is 4. The van der Waals surface area contributed by atoms with Crippen LogP contribution >= 0.6 is 22.9 Å². The van der Waals surface area contributed by atoms with Gasteiger partial charge in [-0.15, -0.1) is 5.10 Å². The van der Waals surface area contributed by atoms with Crippen LogP contribution in [0.3, 0.4) is 0 Å². The molecule has 1 aliphatic rings. The van der Waals surface area contributed by atoms with Gasteiger partial charge in [0.2, 0.25) is 5.13 Å². The van der Waals surface area contributed by atoms with Crippen molar-refractivity contribution in [1.29, 1.82) is 0 Å². The number of hydrogen-bond acceptors (Lipinski definition) is 9. The largest absolute Gasteiger partial charge is 0.494 e. The van der Waals surface area contributed by atoms with Crippen LogP contribution < -0.4 is 14.8 Å². The molecule has 3 heterocycles. The van der Waals surface area contributed by atoms with Gasteiger partial charge >= 0.3 is 0 Å². The molecule has 0 saturated heterocycles. The zero-order valence-electron chi connectivity index (χ0n) is 17.5. The Morgan fingerprint density at radius 3 is 2.69 bits per heavy atom. The predicted molar refractivity (Wildman–Crippen MR) is 121 cm³/mol. The van der Waals surface area contributed by atoms with Crippen molar-refractivity contribution in [2.45, 2.75) is 44.8 Å². The number of aryl methyl sites for hydroxylation is 1. The number of anilines is 1. The van der Waals surface area contributed by atoms with E-state index in [2.05, 4.69) is 25.5 Å². The number of carbonyl (C=O) groups excluding carboxylic acids is 1. The first-order valence-corrected chi connectivity index (χ1v) is 11.3. The molecule has 1 amide bonds. The molecule has 0 aromatic carbocycles. The van der Waals surface area contributed by atoms with E-state index in [1.807, 2.05) is 6.92 Å². The molecule has 1 aliphatic carbocycles. The minimum Gasteiger partial charge on any atom is -0.494 e. The summed E-state index contributed by atoms with van der Waals surface area (Å²) < 4.78 is 11.3. The first-order chi connectivity index (χ1) is 15.4. The van der Waals surface area contributed by atoms with Crippen LogP contribution in [0.25, 0.3) is 11.1 Å². The summed E-state index contributed by atoms with van der Waals surface area (Å²) in [7, 11) is 1.53. The molecule has 1 saturated carbocycles. The van der Waals surface area contributed by atoms with Gasteiger partial charge in [-0.25, -0.2) is 4.98 Å². The highest BCUT2D eigenvalue weighted by molar-refractivity contribution is 7.17. The Morgan fingerprint density at radius 1 is 1.16 bits per heavy atom. The van der Waals surface area contributed by atoms with Gasteiger partial charge < -0.3 is 14.6 Å². The highest BCUT2D eigenvalue weighted by Crippen LogP contribution is 2.34. The van der Waals surface area contributed by atoms with Gasteiger partial charge in [0.05, 0.1) is 25.0 Å². The van der Waals surface area contributed by atoms with E-state index in [1.54, 1.807) is 12.1 Å². The van der Waals surface area contributed by atoms with E-state index >= 15 is 0 Å². The third-order valence-corrected chi connectivity index (χ3v) is 6.10. The number of aliphatic hydroxyl groups excluding tert-OH is 1. The number of ether oxygens (including phenoxy) is 2. The maximum atomic E-state index is 13.1. The molecule has 0 aliphatic heterocycles. The molecule has 32 heavy (non-hydrogen) atoms. The van der Waals surface area contributed by atoms with Crippen molar-refractivity contribution in [3.63, 3.8) is 0 Å². The number of hydrogen-bond donors (Lipinski definition) is 2. The normalized spacial score (nSPS) is 18.2. The zero-order valence-corrected chi connectivity index (χ0v) is 19.1. The summed E-state index contributed by atoms with van der Waals surface area (Å²) in [5, 5.41) is 21.4. The summed E-state index contributed by atoms with van der Waals surface area (Å²) >= 11 is 7.24. The number of halogens is 1. The van der Waals surface area contributed by atoms with E-state index in [9.17, 15) is 9.90 Å². The third kappa shape index (κ3) is 5.14. The van der Waals surface area contributed by atoms with Crippen LogP contribution in [0.4, 0.5) is 5.13 Å². The summed E-state index contributed by atoms with van der Waals surface area (Å²) in [6, 6.07) is 3.43. The third-order valence-electron chi connectivity index (χ3n) is 5.17. The van der Waals surface area contributed by atoms with E-state index < -0.39 is 5.91 Å². The molecule has 168 valence electrons. The molecule has 11 heteroatoms. The Morgan fingerprint density at radius 2 is 1.94 bits per heavy atom. The number of amides is 1. The number of aromatic nitrogens is 4. The van der Waals surface area contributed by atoms with Crippen LogP contribution in [0.5, 0.6) is 10.9 Å². The molecule has 0 spiro atoms. The number of methoxy groups -OCH3 is 1. The van der Waals surface area contributed by atoms with Gasteiger partial charge in [-0.2, -0.15) is 0 Å². The summed E-state index contributed by atoms with van der Waals surface area (Å²) in [4.78, 5) is 21.4. The number of carbonyl (C=O) groups is 1. The molecular formula is C21H22ClN5O4S. The molecular weight excluding hydrogens is 454 g/mol. The summed E-state index contributed by atoms with van der Waals surface area (Å²) in [5.41, 5.74) is 2.30. The fraction of sp³-hybridized carbons (Fsp3) is 0.381. The Bertz CT molecular complexity index is 1120. The summed E-state index contributed by atoms with van der Waals surface area (Å²) in [5.74, 6) is 0.0872. The molecule has 3 aromatic heterocycles. The molecule has 0 atom stereocenters. The lowest BCUT2D eigenvalue weighted by atomic mass is 9.95. The Hall–Kier alpha value is -2.82. The fourth-order valence-corrected chi connectivity index (χ4v) is 4.35. The smallest absolute Gasteiger partial charge is 0.296 e. The van der Waals surface area contributed by atoms with E-state index in [0.717, 1.165) is 29.9 Å². The average molecular weight is 476 g/mol. The first-order valence-electron chi connectivity index (χ1n) is 10.1. The second-order valence-corrected chi connectivity index (χ2v) is 8.78. The molecule has 1 fully saturated rings. The van der Waals surface area contributed by atoms with Gasteiger partial charge in [0.15, 0.2) is 0 Å². The van der Waals surface area contributed by atoms with Crippen molar-refractivity contribution in [2.24, 2.45) is 0 Å². The lowest BCUT2D eigenvalue weighted by molar-refractivity contribution is 0.0661. The van der Waals surface area contributed by atoms with E-state index in [0.29, 0.717) is 45.6 Å².